The summed E-state index contributed by atoms with van der Waals surface area (Å²) >= 11 is 0. The van der Waals surface area contributed by atoms with Crippen LogP contribution in [0.3, 0.4) is 0 Å². The number of sulfonamides is 1. The molecule has 0 unspecified atom stereocenters. The number of nitrogens with one attached hydrogen (secondary N) is 1. The van der Waals surface area contributed by atoms with E-state index in [2.05, 4.69) is 10.3 Å². The van der Waals surface area contributed by atoms with E-state index in [0.717, 1.165) is 21.0 Å². The van der Waals surface area contributed by atoms with Crippen molar-refractivity contribution >= 4 is 21.8 Å². The second-order valence-corrected chi connectivity index (χ2v) is 10.1. The molecule has 0 aliphatic carbocycles. The van der Waals surface area contributed by atoms with Crippen molar-refractivity contribution in [3.05, 3.63) is 95.3 Å². The molecule has 1 aliphatic rings. The number of pyridine rings is 1. The Labute approximate surface area is 199 Å². The molecule has 0 saturated carbocycles. The molecule has 1 aliphatic heterocycles. The lowest BCUT2D eigenvalue weighted by Crippen LogP contribution is -2.49. The first-order valence-electron chi connectivity index (χ1n) is 10.9. The number of carbonyl (C=O) groups excluding carboxylic acids is 2. The van der Waals surface area contributed by atoms with Crippen LogP contribution in [0, 0.1) is 6.92 Å². The fourth-order valence-electron chi connectivity index (χ4n) is 3.85. The molecular weight excluding hydrogens is 452 g/mol. The minimum absolute atomic E-state index is 0.00901. The molecule has 4 rings (SSSR count). The summed E-state index contributed by atoms with van der Waals surface area (Å²) in [6, 6.07) is 17.5. The average molecular weight is 479 g/mol. The number of benzene rings is 2. The fraction of sp³-hybridized carbons (Fsp3) is 0.240. The maximum atomic E-state index is 13.6. The number of nitrogens with zero attached hydrogens (tertiary/aromatic N) is 3. The van der Waals surface area contributed by atoms with Crippen LogP contribution in [0.25, 0.3) is 0 Å². The van der Waals surface area contributed by atoms with Gasteiger partial charge in [-0.2, -0.15) is 4.31 Å². The highest BCUT2D eigenvalue weighted by atomic mass is 32.2. The van der Waals surface area contributed by atoms with Gasteiger partial charge in [-0.1, -0.05) is 36.4 Å². The van der Waals surface area contributed by atoms with Crippen LogP contribution in [0.1, 0.15) is 27.0 Å². The summed E-state index contributed by atoms with van der Waals surface area (Å²) < 4.78 is 27.4. The van der Waals surface area contributed by atoms with Crippen molar-refractivity contribution in [1.29, 1.82) is 0 Å². The van der Waals surface area contributed by atoms with Crippen molar-refractivity contribution in [3.8, 4) is 0 Å². The first-order valence-corrected chi connectivity index (χ1v) is 12.4. The number of aryl methyl sites for hydroxylation is 1. The average Bonchev–Trinajstić information content (AvgIpc) is 2.85. The quantitative estimate of drug-likeness (QED) is 0.562. The summed E-state index contributed by atoms with van der Waals surface area (Å²) in [5, 5.41) is 2.62. The maximum Gasteiger partial charge on any atom is 0.254 e. The van der Waals surface area contributed by atoms with E-state index in [9.17, 15) is 18.0 Å². The van der Waals surface area contributed by atoms with Crippen molar-refractivity contribution in [2.75, 3.05) is 19.6 Å². The molecule has 0 radical (unpaired) electrons. The van der Waals surface area contributed by atoms with E-state index >= 15 is 0 Å². The molecule has 176 valence electrons. The zero-order valence-corrected chi connectivity index (χ0v) is 19.7. The summed E-state index contributed by atoms with van der Waals surface area (Å²) in [6.07, 6.45) is 3.38. The first kappa shape index (κ1) is 23.6. The SMILES string of the molecule is Cc1ccccc1CN(Cc1cccnc1)C(=O)c1cccc(S(=O)(=O)N2CCNC(=O)C2)c1. The number of carbonyl (C=O) groups is 2. The van der Waals surface area contributed by atoms with Crippen LogP contribution in [-0.4, -0.2) is 54.1 Å². The van der Waals surface area contributed by atoms with Gasteiger partial charge in [0.25, 0.3) is 5.91 Å². The first-order chi connectivity index (χ1) is 16.3. The topological polar surface area (TPSA) is 99.7 Å². The Morgan fingerprint density at radius 1 is 1.09 bits per heavy atom. The van der Waals surface area contributed by atoms with Gasteiger partial charge < -0.3 is 10.2 Å². The Morgan fingerprint density at radius 2 is 1.91 bits per heavy atom. The molecule has 3 aromatic rings. The molecule has 34 heavy (non-hydrogen) atoms. The summed E-state index contributed by atoms with van der Waals surface area (Å²) in [5.41, 5.74) is 3.20. The van der Waals surface area contributed by atoms with Crippen molar-refractivity contribution in [2.45, 2.75) is 24.9 Å². The second-order valence-electron chi connectivity index (χ2n) is 8.17. The number of hydrogen-bond acceptors (Lipinski definition) is 5. The van der Waals surface area contributed by atoms with E-state index in [4.69, 9.17) is 0 Å². The van der Waals surface area contributed by atoms with Gasteiger partial charge in [0.2, 0.25) is 15.9 Å². The van der Waals surface area contributed by atoms with Gasteiger partial charge in [-0.3, -0.25) is 14.6 Å². The predicted octanol–water partition coefficient (Wildman–Crippen LogP) is 2.35. The Kier molecular flexibility index (Phi) is 7.04. The van der Waals surface area contributed by atoms with Crippen LogP contribution in [0.4, 0.5) is 0 Å². The van der Waals surface area contributed by atoms with Crippen molar-refractivity contribution < 1.29 is 18.0 Å². The molecule has 1 saturated heterocycles. The molecule has 0 atom stereocenters. The van der Waals surface area contributed by atoms with Crippen LogP contribution in [0.15, 0.2) is 78.0 Å². The van der Waals surface area contributed by atoms with E-state index in [-0.39, 0.29) is 41.9 Å². The normalized spacial score (nSPS) is 14.4. The molecule has 9 heteroatoms. The van der Waals surface area contributed by atoms with E-state index < -0.39 is 10.0 Å². The number of amides is 2. The third kappa shape index (κ3) is 5.32. The zero-order valence-electron chi connectivity index (χ0n) is 18.8. The van der Waals surface area contributed by atoms with E-state index in [1.807, 2.05) is 43.3 Å². The molecule has 1 N–H and O–H groups in total. The molecule has 2 aromatic carbocycles. The third-order valence-corrected chi connectivity index (χ3v) is 7.57. The second kappa shape index (κ2) is 10.1. The summed E-state index contributed by atoms with van der Waals surface area (Å²) in [4.78, 5) is 31.1. The van der Waals surface area contributed by atoms with Gasteiger partial charge in [0.05, 0.1) is 11.4 Å². The molecule has 1 aromatic heterocycles. The van der Waals surface area contributed by atoms with Crippen molar-refractivity contribution in [1.82, 2.24) is 19.5 Å². The number of rotatable bonds is 7. The smallest absolute Gasteiger partial charge is 0.254 e. The van der Waals surface area contributed by atoms with Crippen LogP contribution in [0.5, 0.6) is 0 Å². The van der Waals surface area contributed by atoms with Gasteiger partial charge in [0.1, 0.15) is 0 Å². The monoisotopic (exact) mass is 478 g/mol. The lowest BCUT2D eigenvalue weighted by molar-refractivity contribution is -0.122. The molecule has 2 amide bonds. The van der Waals surface area contributed by atoms with Crippen LogP contribution < -0.4 is 5.32 Å². The summed E-state index contributed by atoms with van der Waals surface area (Å²) in [5.74, 6) is -0.636. The van der Waals surface area contributed by atoms with Crippen LogP contribution >= 0.6 is 0 Å². The Balaban J connectivity index is 1.64. The minimum Gasteiger partial charge on any atom is -0.354 e. The van der Waals surface area contributed by atoms with E-state index in [0.29, 0.717) is 13.1 Å². The molecular formula is C25H26N4O4S. The predicted molar refractivity (Wildman–Crippen MR) is 127 cm³/mol. The molecule has 8 nitrogen and oxygen atoms in total. The van der Waals surface area contributed by atoms with Crippen LogP contribution in [-0.2, 0) is 27.9 Å². The van der Waals surface area contributed by atoms with Crippen LogP contribution in [0.2, 0.25) is 0 Å². The van der Waals surface area contributed by atoms with Gasteiger partial charge >= 0.3 is 0 Å². The van der Waals surface area contributed by atoms with Gasteiger partial charge in [-0.15, -0.1) is 0 Å². The molecule has 2 heterocycles. The molecule has 0 bridgehead atoms. The Hall–Kier alpha value is -3.56. The standard InChI is InChI=1S/C25H26N4O4S/c1-19-6-2-3-8-22(19)17-28(16-20-7-5-11-26-15-20)25(31)21-9-4-10-23(14-21)34(32,33)29-13-12-27-24(30)18-29/h2-11,14-15H,12-13,16-18H2,1H3,(H,27,30). The Bertz CT molecular complexity index is 1300. The lowest BCUT2D eigenvalue weighted by Gasteiger charge is -2.26. The summed E-state index contributed by atoms with van der Waals surface area (Å²) in [6.45, 7) is 2.89. The maximum absolute atomic E-state index is 13.6. The van der Waals surface area contributed by atoms with Gasteiger partial charge in [-0.25, -0.2) is 8.42 Å². The van der Waals surface area contributed by atoms with Gasteiger partial charge in [-0.05, 0) is 47.9 Å². The number of hydrogen-bond donors (Lipinski definition) is 1. The third-order valence-electron chi connectivity index (χ3n) is 5.73. The molecule has 0 spiro atoms. The molecule has 1 fully saturated rings. The zero-order chi connectivity index (χ0) is 24.1. The minimum atomic E-state index is -3.91. The van der Waals surface area contributed by atoms with Gasteiger partial charge in [0, 0.05) is 44.1 Å². The lowest BCUT2D eigenvalue weighted by atomic mass is 10.1. The number of piperazine rings is 1. The highest BCUT2D eigenvalue weighted by Gasteiger charge is 2.30. The van der Waals surface area contributed by atoms with Crippen molar-refractivity contribution in [3.63, 3.8) is 0 Å². The fourth-order valence-corrected chi connectivity index (χ4v) is 5.29. The highest BCUT2D eigenvalue weighted by molar-refractivity contribution is 7.89. The largest absolute Gasteiger partial charge is 0.354 e. The summed E-state index contributed by atoms with van der Waals surface area (Å²) in [7, 11) is -3.91. The Morgan fingerprint density at radius 3 is 2.65 bits per heavy atom. The number of aromatic nitrogens is 1. The van der Waals surface area contributed by atoms with Gasteiger partial charge in [0.15, 0.2) is 0 Å². The van der Waals surface area contributed by atoms with E-state index in [1.54, 1.807) is 29.4 Å². The highest BCUT2D eigenvalue weighted by Crippen LogP contribution is 2.21. The van der Waals surface area contributed by atoms with Crippen molar-refractivity contribution in [2.24, 2.45) is 0 Å². The van der Waals surface area contributed by atoms with E-state index in [1.165, 1.54) is 12.1 Å².